The van der Waals surface area contributed by atoms with Gasteiger partial charge in [-0.1, -0.05) is 41.9 Å². The largest absolute Gasteiger partial charge is 0.357 e. The van der Waals surface area contributed by atoms with Gasteiger partial charge in [0.15, 0.2) is 0 Å². The Hall–Kier alpha value is -2.13. The van der Waals surface area contributed by atoms with Crippen molar-refractivity contribution >= 4 is 33.9 Å². The third-order valence-electron chi connectivity index (χ3n) is 3.30. The van der Waals surface area contributed by atoms with Gasteiger partial charge in [-0.15, -0.1) is 10.2 Å². The summed E-state index contributed by atoms with van der Waals surface area (Å²) in [6, 6.07) is 13.8. The van der Waals surface area contributed by atoms with Gasteiger partial charge in [0.2, 0.25) is 0 Å². The normalized spacial score (nSPS) is 11.6. The van der Waals surface area contributed by atoms with E-state index in [1.165, 1.54) is 0 Å². The number of halogens is 1. The molecule has 20 heavy (non-hydrogen) atoms. The number of hydrogen-bond donors (Lipinski definition) is 1. The summed E-state index contributed by atoms with van der Waals surface area (Å²) in [6.45, 7) is 3.97. The highest BCUT2D eigenvalue weighted by atomic mass is 35.5. The van der Waals surface area contributed by atoms with E-state index in [0.717, 1.165) is 33.5 Å². The molecule has 0 radical (unpaired) electrons. The average Bonchev–Trinajstić information content (AvgIpc) is 2.74. The highest BCUT2D eigenvalue weighted by Crippen LogP contribution is 2.34. The lowest BCUT2D eigenvalue weighted by atomic mass is 10.2. The van der Waals surface area contributed by atoms with Crippen LogP contribution in [0.1, 0.15) is 11.3 Å². The molecule has 0 aliphatic heterocycles. The van der Waals surface area contributed by atoms with Gasteiger partial charge in [0.05, 0.1) is 5.02 Å². The van der Waals surface area contributed by atoms with E-state index in [1.54, 1.807) is 0 Å². The third-order valence-corrected chi connectivity index (χ3v) is 3.60. The molecule has 3 aromatic rings. The zero-order valence-corrected chi connectivity index (χ0v) is 12.1. The monoisotopic (exact) mass is 283 g/mol. The summed E-state index contributed by atoms with van der Waals surface area (Å²) in [5, 5.41) is 10.4. The van der Waals surface area contributed by atoms with Crippen LogP contribution in [0.4, 0.5) is 11.4 Å². The number of aromatic amines is 1. The van der Waals surface area contributed by atoms with E-state index in [1.807, 2.05) is 56.3 Å². The number of H-pyrrole nitrogens is 1. The second-order valence-electron chi connectivity index (χ2n) is 4.75. The summed E-state index contributed by atoms with van der Waals surface area (Å²) in [7, 11) is 0. The minimum atomic E-state index is 0.617. The van der Waals surface area contributed by atoms with E-state index in [2.05, 4.69) is 15.2 Å². The second kappa shape index (κ2) is 5.10. The van der Waals surface area contributed by atoms with Gasteiger partial charge in [0.25, 0.3) is 0 Å². The first-order chi connectivity index (χ1) is 9.66. The van der Waals surface area contributed by atoms with Gasteiger partial charge in [-0.2, -0.15) is 0 Å². The van der Waals surface area contributed by atoms with E-state index in [9.17, 15) is 0 Å². The third kappa shape index (κ3) is 2.21. The topological polar surface area (TPSA) is 40.5 Å². The van der Waals surface area contributed by atoms with Crippen LogP contribution in [0.5, 0.6) is 0 Å². The molecule has 0 amide bonds. The molecule has 0 saturated heterocycles. The molecular formula is C16H14ClN3. The molecule has 100 valence electrons. The lowest BCUT2D eigenvalue weighted by Crippen LogP contribution is -1.75. The first-order valence-corrected chi connectivity index (χ1v) is 6.79. The van der Waals surface area contributed by atoms with Gasteiger partial charge in [0, 0.05) is 16.6 Å². The summed E-state index contributed by atoms with van der Waals surface area (Å²) in [4.78, 5) is 3.31. The Morgan fingerprint density at radius 2 is 1.65 bits per heavy atom. The molecule has 0 unspecified atom stereocenters. The van der Waals surface area contributed by atoms with Crippen molar-refractivity contribution in [2.75, 3.05) is 0 Å². The summed E-state index contributed by atoms with van der Waals surface area (Å²) in [6.07, 6.45) is 0. The Bertz CT molecular complexity index is 782. The minimum Gasteiger partial charge on any atom is -0.357 e. The van der Waals surface area contributed by atoms with Crippen molar-refractivity contribution < 1.29 is 0 Å². The highest BCUT2D eigenvalue weighted by molar-refractivity contribution is 6.33. The van der Waals surface area contributed by atoms with Crippen LogP contribution in [-0.2, 0) is 0 Å². The molecule has 0 saturated carbocycles. The van der Waals surface area contributed by atoms with E-state index < -0.39 is 0 Å². The van der Waals surface area contributed by atoms with Crippen LogP contribution in [0.2, 0.25) is 5.02 Å². The smallest absolute Gasteiger partial charge is 0.114 e. The number of hydrogen-bond acceptors (Lipinski definition) is 2. The summed E-state index contributed by atoms with van der Waals surface area (Å²) in [5.74, 6) is 0. The van der Waals surface area contributed by atoms with Crippen molar-refractivity contribution in [2.24, 2.45) is 10.2 Å². The zero-order chi connectivity index (χ0) is 14.1. The molecule has 0 aliphatic carbocycles. The predicted molar refractivity (Wildman–Crippen MR) is 83.4 cm³/mol. The van der Waals surface area contributed by atoms with E-state index in [-0.39, 0.29) is 0 Å². The molecule has 3 nitrogen and oxygen atoms in total. The maximum absolute atomic E-state index is 6.17. The maximum Gasteiger partial charge on any atom is 0.114 e. The van der Waals surface area contributed by atoms with Gasteiger partial charge in [-0.05, 0) is 31.5 Å². The maximum atomic E-state index is 6.17. The Kier molecular flexibility index (Phi) is 3.28. The number of fused-ring (bicyclic) bond motifs is 1. The molecule has 0 fully saturated rings. The van der Waals surface area contributed by atoms with Crippen LogP contribution in [0.3, 0.4) is 0 Å². The van der Waals surface area contributed by atoms with Crippen LogP contribution in [0.15, 0.2) is 52.7 Å². The number of aromatic nitrogens is 1. The lowest BCUT2D eigenvalue weighted by Gasteiger charge is -2.00. The van der Waals surface area contributed by atoms with Gasteiger partial charge >= 0.3 is 0 Å². The van der Waals surface area contributed by atoms with Gasteiger partial charge < -0.3 is 4.98 Å². The molecule has 0 bridgehead atoms. The van der Waals surface area contributed by atoms with Crippen LogP contribution >= 0.6 is 11.6 Å². The van der Waals surface area contributed by atoms with Crippen molar-refractivity contribution in [3.8, 4) is 0 Å². The van der Waals surface area contributed by atoms with E-state index >= 15 is 0 Å². The molecule has 2 aromatic carbocycles. The molecule has 1 N–H and O–H groups in total. The molecule has 0 aliphatic rings. The first-order valence-electron chi connectivity index (χ1n) is 6.41. The molecule has 4 heteroatoms. The second-order valence-corrected chi connectivity index (χ2v) is 5.16. The first kappa shape index (κ1) is 12.9. The zero-order valence-electron chi connectivity index (χ0n) is 11.3. The van der Waals surface area contributed by atoms with Crippen LogP contribution in [-0.4, -0.2) is 4.98 Å². The van der Waals surface area contributed by atoms with Gasteiger partial charge in [-0.25, -0.2) is 0 Å². The fourth-order valence-corrected chi connectivity index (χ4v) is 2.50. The molecule has 0 atom stereocenters. The fraction of sp³-hybridized carbons (Fsp3) is 0.125. The summed E-state index contributed by atoms with van der Waals surface area (Å²) < 4.78 is 0. The van der Waals surface area contributed by atoms with Crippen molar-refractivity contribution in [1.29, 1.82) is 0 Å². The summed E-state index contributed by atoms with van der Waals surface area (Å²) in [5.41, 5.74) is 4.66. The Balaban J connectivity index is 2.09. The quantitative estimate of drug-likeness (QED) is 0.573. The Morgan fingerprint density at radius 3 is 2.45 bits per heavy atom. The Morgan fingerprint density at radius 1 is 0.900 bits per heavy atom. The van der Waals surface area contributed by atoms with Crippen LogP contribution in [0, 0.1) is 13.8 Å². The number of benzene rings is 2. The molecule has 1 aromatic heterocycles. The fourth-order valence-electron chi connectivity index (χ4n) is 2.24. The SMILES string of the molecule is Cc1cccc(Cl)c1N=Nc1c(C)[nH]c2ccccc12. The number of azo groups is 1. The van der Waals surface area contributed by atoms with Crippen molar-refractivity contribution in [3.63, 3.8) is 0 Å². The van der Waals surface area contributed by atoms with Gasteiger partial charge in [0.1, 0.15) is 11.4 Å². The van der Waals surface area contributed by atoms with Crippen molar-refractivity contribution in [2.45, 2.75) is 13.8 Å². The highest BCUT2D eigenvalue weighted by Gasteiger charge is 2.08. The molecule has 3 rings (SSSR count). The molecule has 0 spiro atoms. The number of rotatable bonds is 2. The summed E-state index contributed by atoms with van der Waals surface area (Å²) >= 11 is 6.17. The Labute approximate surface area is 122 Å². The van der Waals surface area contributed by atoms with Crippen molar-refractivity contribution in [3.05, 3.63) is 58.7 Å². The standard InChI is InChI=1S/C16H14ClN3/c1-10-6-5-8-13(17)15(10)19-20-16-11(2)18-14-9-4-3-7-12(14)16/h3-9,18H,1-2H3. The number of nitrogens with one attached hydrogen (secondary N) is 1. The van der Waals surface area contributed by atoms with Gasteiger partial charge in [-0.3, -0.25) is 0 Å². The predicted octanol–water partition coefficient (Wildman–Crippen LogP) is 5.85. The number of para-hydroxylation sites is 1. The van der Waals surface area contributed by atoms with Crippen molar-refractivity contribution in [1.82, 2.24) is 4.98 Å². The number of nitrogens with zero attached hydrogens (tertiary/aromatic N) is 2. The average molecular weight is 284 g/mol. The van der Waals surface area contributed by atoms with E-state index in [4.69, 9.17) is 11.6 Å². The number of aryl methyl sites for hydroxylation is 2. The van der Waals surface area contributed by atoms with Crippen LogP contribution in [0.25, 0.3) is 10.9 Å². The lowest BCUT2D eigenvalue weighted by molar-refractivity contribution is 1.18. The minimum absolute atomic E-state index is 0.617. The van der Waals surface area contributed by atoms with Crippen LogP contribution < -0.4 is 0 Å². The molecule has 1 heterocycles. The molecular weight excluding hydrogens is 270 g/mol. The van der Waals surface area contributed by atoms with E-state index in [0.29, 0.717) is 5.02 Å².